The van der Waals surface area contributed by atoms with Gasteiger partial charge in [0, 0.05) is 81.2 Å². The largest absolute Gasteiger partial charge is 0.371 e. The molecule has 12 heteroatoms. The van der Waals surface area contributed by atoms with Crippen LogP contribution in [0.1, 0.15) is 16.9 Å². The quantitative estimate of drug-likeness (QED) is 0.211. The van der Waals surface area contributed by atoms with Gasteiger partial charge in [-0.2, -0.15) is 5.10 Å². The van der Waals surface area contributed by atoms with E-state index < -0.39 is 0 Å². The molecule has 4 N–H and O–H groups in total. The van der Waals surface area contributed by atoms with E-state index in [1.54, 1.807) is 30.8 Å². The van der Waals surface area contributed by atoms with E-state index in [0.29, 0.717) is 11.5 Å². The van der Waals surface area contributed by atoms with Gasteiger partial charge in [-0.1, -0.05) is 24.5 Å². The Hall–Kier alpha value is -4.29. The molecule has 0 aliphatic carbocycles. The van der Waals surface area contributed by atoms with Gasteiger partial charge in [0.05, 0.1) is 16.6 Å². The second kappa shape index (κ2) is 12.0. The number of H-pyrrole nitrogens is 1. The number of hydrogen-bond donors (Lipinski definition) is 4. The number of thiazole rings is 1. The summed E-state index contributed by atoms with van der Waals surface area (Å²) >= 11 is 1.63. The van der Waals surface area contributed by atoms with Crippen LogP contribution in [-0.4, -0.2) is 82.3 Å². The number of hydrogen-bond acceptors (Lipinski definition) is 10. The second-order valence-corrected chi connectivity index (χ2v) is 10.2. The standard InChI is InChI=1S/C27H32N10OS/c1-18(33-20-5-6-22-21(15-20)24(35-34-22)26(38)28-3)7-10-29-16-19(2)36-11-13-37(14-12-36)27-32-17-23(39-27)25-30-8-4-9-31-25/h4-6,8-9,15,17,29,33H,1-2,7,10-14,16H2,3H3,(H,28,38)(H,34,35). The Labute approximate surface area is 231 Å². The molecule has 1 aliphatic rings. The zero-order chi connectivity index (χ0) is 27.2. The molecule has 202 valence electrons. The number of nitrogens with one attached hydrogen (secondary N) is 4. The van der Waals surface area contributed by atoms with E-state index >= 15 is 0 Å². The number of nitrogens with zero attached hydrogens (tertiary/aromatic N) is 6. The minimum absolute atomic E-state index is 0.224. The van der Waals surface area contributed by atoms with Gasteiger partial charge in [-0.05, 0) is 30.7 Å². The van der Waals surface area contributed by atoms with E-state index in [9.17, 15) is 4.79 Å². The minimum Gasteiger partial charge on any atom is -0.371 e. The molecular formula is C27H32N10OS. The number of anilines is 2. The molecule has 0 atom stereocenters. The summed E-state index contributed by atoms with van der Waals surface area (Å²) in [5.74, 6) is 0.491. The van der Waals surface area contributed by atoms with E-state index in [2.05, 4.69) is 64.1 Å². The lowest BCUT2D eigenvalue weighted by atomic mass is 10.1. The average molecular weight is 545 g/mol. The average Bonchev–Trinajstić information content (AvgIpc) is 3.63. The Morgan fingerprint density at radius 3 is 2.69 bits per heavy atom. The SMILES string of the molecule is C=C(CCNCC(=C)N1CCN(c2ncc(-c3ncccn3)s2)CC1)Nc1ccc2[nH]nc(C(=O)NC)c2c1. The van der Waals surface area contributed by atoms with Crippen molar-refractivity contribution in [2.45, 2.75) is 6.42 Å². The van der Waals surface area contributed by atoms with Crippen LogP contribution in [0.5, 0.6) is 0 Å². The first kappa shape index (κ1) is 26.3. The van der Waals surface area contributed by atoms with Crippen LogP contribution in [0.15, 0.2) is 67.4 Å². The normalized spacial score (nSPS) is 13.5. The molecule has 1 amide bonds. The zero-order valence-electron chi connectivity index (χ0n) is 21.9. The highest BCUT2D eigenvalue weighted by Crippen LogP contribution is 2.29. The number of carbonyl (C=O) groups is 1. The maximum atomic E-state index is 12.0. The lowest BCUT2D eigenvalue weighted by Gasteiger charge is -2.37. The third-order valence-corrected chi connectivity index (χ3v) is 7.59. The lowest BCUT2D eigenvalue weighted by Crippen LogP contribution is -2.47. The molecule has 11 nitrogen and oxygen atoms in total. The van der Waals surface area contributed by atoms with Crippen molar-refractivity contribution >= 4 is 39.0 Å². The van der Waals surface area contributed by atoms with E-state index in [4.69, 9.17) is 0 Å². The van der Waals surface area contributed by atoms with Crippen LogP contribution in [0, 0.1) is 0 Å². The number of carbonyl (C=O) groups excluding carboxylic acids is 1. The molecule has 1 fully saturated rings. The maximum Gasteiger partial charge on any atom is 0.272 e. The van der Waals surface area contributed by atoms with Crippen LogP contribution < -0.4 is 20.9 Å². The van der Waals surface area contributed by atoms with Gasteiger partial charge in [0.2, 0.25) is 0 Å². The highest BCUT2D eigenvalue weighted by atomic mass is 32.1. The molecule has 0 radical (unpaired) electrons. The smallest absolute Gasteiger partial charge is 0.272 e. The highest BCUT2D eigenvalue weighted by molar-refractivity contribution is 7.18. The molecule has 0 unspecified atom stereocenters. The van der Waals surface area contributed by atoms with Gasteiger partial charge in [0.25, 0.3) is 5.91 Å². The van der Waals surface area contributed by atoms with Crippen molar-refractivity contribution in [3.63, 3.8) is 0 Å². The van der Waals surface area contributed by atoms with Crippen LogP contribution in [0.3, 0.4) is 0 Å². The molecule has 0 spiro atoms. The fraction of sp³-hybridized carbons (Fsp3) is 0.296. The van der Waals surface area contributed by atoms with Crippen LogP contribution in [0.4, 0.5) is 10.8 Å². The molecule has 39 heavy (non-hydrogen) atoms. The summed E-state index contributed by atoms with van der Waals surface area (Å²) in [6.45, 7) is 13.5. The minimum atomic E-state index is -0.224. The molecule has 0 saturated carbocycles. The predicted octanol–water partition coefficient (Wildman–Crippen LogP) is 3.08. The monoisotopic (exact) mass is 544 g/mol. The molecule has 5 rings (SSSR count). The van der Waals surface area contributed by atoms with E-state index in [1.165, 1.54) is 0 Å². The fourth-order valence-corrected chi connectivity index (χ4v) is 5.30. The highest BCUT2D eigenvalue weighted by Gasteiger charge is 2.21. The number of amides is 1. The molecule has 4 aromatic rings. The Kier molecular flexibility index (Phi) is 8.13. The van der Waals surface area contributed by atoms with Crippen molar-refractivity contribution in [1.82, 2.24) is 40.7 Å². The fourth-order valence-electron chi connectivity index (χ4n) is 4.39. The zero-order valence-corrected chi connectivity index (χ0v) is 22.7. The Bertz CT molecular complexity index is 1460. The number of piperazine rings is 1. The topological polar surface area (TPSA) is 127 Å². The summed E-state index contributed by atoms with van der Waals surface area (Å²) in [6, 6.07) is 7.56. The summed E-state index contributed by atoms with van der Waals surface area (Å²) in [4.78, 5) is 30.9. The van der Waals surface area contributed by atoms with Crippen LogP contribution in [-0.2, 0) is 0 Å². The molecule has 1 aromatic carbocycles. The number of fused-ring (bicyclic) bond motifs is 1. The summed E-state index contributed by atoms with van der Waals surface area (Å²) in [5, 5.41) is 18.2. The Morgan fingerprint density at radius 1 is 1.13 bits per heavy atom. The molecule has 1 saturated heterocycles. The van der Waals surface area contributed by atoms with Crippen molar-refractivity contribution in [3.05, 3.63) is 73.1 Å². The third kappa shape index (κ3) is 6.24. The third-order valence-electron chi connectivity index (χ3n) is 6.54. The predicted molar refractivity (Wildman–Crippen MR) is 156 cm³/mol. The van der Waals surface area contributed by atoms with E-state index in [0.717, 1.165) is 83.7 Å². The first-order valence-electron chi connectivity index (χ1n) is 12.8. The molecular weight excluding hydrogens is 512 g/mol. The second-order valence-electron chi connectivity index (χ2n) is 9.19. The van der Waals surface area contributed by atoms with Gasteiger partial charge in [-0.15, -0.1) is 0 Å². The van der Waals surface area contributed by atoms with Crippen LogP contribution in [0.25, 0.3) is 21.6 Å². The van der Waals surface area contributed by atoms with Gasteiger partial charge < -0.3 is 25.8 Å². The lowest BCUT2D eigenvalue weighted by molar-refractivity contribution is 0.0959. The van der Waals surface area contributed by atoms with Crippen molar-refractivity contribution < 1.29 is 4.79 Å². The van der Waals surface area contributed by atoms with Gasteiger partial charge in [0.1, 0.15) is 0 Å². The van der Waals surface area contributed by atoms with E-state index in [1.807, 2.05) is 30.5 Å². The summed E-state index contributed by atoms with van der Waals surface area (Å²) in [7, 11) is 1.59. The van der Waals surface area contributed by atoms with Gasteiger partial charge in [-0.3, -0.25) is 9.89 Å². The Morgan fingerprint density at radius 2 is 1.92 bits per heavy atom. The number of aromatic nitrogens is 5. The summed E-state index contributed by atoms with van der Waals surface area (Å²) < 4.78 is 0. The molecule has 3 aromatic heterocycles. The first-order valence-corrected chi connectivity index (χ1v) is 13.6. The maximum absolute atomic E-state index is 12.0. The van der Waals surface area contributed by atoms with Crippen molar-refractivity contribution in [2.24, 2.45) is 0 Å². The summed E-state index contributed by atoms with van der Waals surface area (Å²) in [6.07, 6.45) is 6.11. The van der Waals surface area contributed by atoms with E-state index in [-0.39, 0.29) is 5.91 Å². The molecule has 0 bridgehead atoms. The number of aromatic amines is 1. The molecule has 1 aliphatic heterocycles. The number of rotatable bonds is 11. The van der Waals surface area contributed by atoms with Gasteiger partial charge in [-0.25, -0.2) is 15.0 Å². The van der Waals surface area contributed by atoms with Crippen molar-refractivity contribution in [3.8, 4) is 10.7 Å². The van der Waals surface area contributed by atoms with Gasteiger partial charge in [0.15, 0.2) is 16.6 Å². The number of benzene rings is 1. The first-order chi connectivity index (χ1) is 19.0. The van der Waals surface area contributed by atoms with Gasteiger partial charge >= 0.3 is 0 Å². The van der Waals surface area contributed by atoms with Crippen LogP contribution >= 0.6 is 11.3 Å². The Balaban J connectivity index is 1.03. The summed E-state index contributed by atoms with van der Waals surface area (Å²) in [5.41, 5.74) is 4.02. The van der Waals surface area contributed by atoms with Crippen molar-refractivity contribution in [1.29, 1.82) is 0 Å². The molecule has 4 heterocycles. The van der Waals surface area contributed by atoms with Crippen molar-refractivity contribution in [2.75, 3.05) is 56.5 Å². The van der Waals surface area contributed by atoms with Crippen LogP contribution in [0.2, 0.25) is 0 Å².